The lowest BCUT2D eigenvalue weighted by atomic mass is 10.1. The zero-order valence-electron chi connectivity index (χ0n) is 17.4. The van der Waals surface area contributed by atoms with Crippen LogP contribution in [0.4, 0.5) is 17.2 Å². The largest absolute Gasteiger partial charge is 0.467 e. The lowest BCUT2D eigenvalue weighted by Gasteiger charge is -2.30. The first-order valence-corrected chi connectivity index (χ1v) is 9.32. The van der Waals surface area contributed by atoms with E-state index in [0.717, 1.165) is 18.9 Å². The predicted molar refractivity (Wildman–Crippen MR) is 113 cm³/mol. The number of aryl methyl sites for hydroxylation is 1. The van der Waals surface area contributed by atoms with Crippen LogP contribution < -0.4 is 4.90 Å². The lowest BCUT2D eigenvalue weighted by Crippen LogP contribution is -2.39. The number of ether oxygens (including phenoxy) is 1. The van der Waals surface area contributed by atoms with Crippen molar-refractivity contribution in [2.24, 2.45) is 0 Å². The summed E-state index contributed by atoms with van der Waals surface area (Å²) in [6.45, 7) is 7.65. The van der Waals surface area contributed by atoms with Gasteiger partial charge in [0, 0.05) is 12.8 Å². The fraction of sp³-hybridized carbons (Fsp3) is 0.421. The molecule has 1 aromatic carbocycles. The van der Waals surface area contributed by atoms with E-state index in [1.165, 1.54) is 12.0 Å². The van der Waals surface area contributed by atoms with Gasteiger partial charge in [0.15, 0.2) is 0 Å². The number of halogens is 1. The van der Waals surface area contributed by atoms with E-state index < -0.39 is 16.9 Å². The summed E-state index contributed by atoms with van der Waals surface area (Å²) in [4.78, 5) is 32.2. The van der Waals surface area contributed by atoms with E-state index >= 15 is 0 Å². The zero-order valence-corrected chi connectivity index (χ0v) is 18.2. The average Bonchev–Trinajstić information content (AvgIpc) is 2.74. The Morgan fingerprint density at radius 3 is 2.48 bits per heavy atom. The highest BCUT2D eigenvalue weighted by atomic mass is 35.5. The maximum Gasteiger partial charge on any atom is 0.330 e. The van der Waals surface area contributed by atoms with E-state index in [-0.39, 0.29) is 16.8 Å². The summed E-state index contributed by atoms with van der Waals surface area (Å²) in [5.74, 6) is -0.596. The van der Waals surface area contributed by atoms with Gasteiger partial charge in [-0.05, 0) is 42.6 Å². The molecule has 0 saturated heterocycles. The molecule has 160 valence electrons. The van der Waals surface area contributed by atoms with Gasteiger partial charge in [0.25, 0.3) is 0 Å². The molecular formula is C19H27ClN4O5. The molecule has 0 spiro atoms. The number of aliphatic hydroxyl groups excluding tert-OH is 1. The molecule has 1 atom stereocenters. The molecule has 1 unspecified atom stereocenters. The van der Waals surface area contributed by atoms with E-state index in [1.54, 1.807) is 25.1 Å². The quantitative estimate of drug-likeness (QED) is 0.317. The van der Waals surface area contributed by atoms with Crippen LogP contribution in [0, 0.1) is 17.0 Å². The Bertz CT molecular complexity index is 804. The minimum Gasteiger partial charge on any atom is -0.467 e. The summed E-state index contributed by atoms with van der Waals surface area (Å²) in [5.41, 5.74) is 1.13. The van der Waals surface area contributed by atoms with Crippen molar-refractivity contribution in [1.29, 1.82) is 0 Å². The molecule has 1 aromatic heterocycles. The summed E-state index contributed by atoms with van der Waals surface area (Å²) < 4.78 is 4.86. The van der Waals surface area contributed by atoms with Gasteiger partial charge < -0.3 is 14.7 Å². The SMILES string of the molecule is CC.CCC(C(=O)OC)N(c1cccc(C)c1)c1nc(Cl)ncc1[N+](=O)[O-].CO. The van der Waals surface area contributed by atoms with Crippen LogP contribution in [-0.4, -0.2) is 46.2 Å². The van der Waals surface area contributed by atoms with Crippen molar-refractivity contribution in [3.8, 4) is 0 Å². The highest BCUT2D eigenvalue weighted by Gasteiger charge is 2.33. The maximum atomic E-state index is 12.3. The molecule has 1 N–H and O–H groups in total. The first-order chi connectivity index (χ1) is 13.9. The summed E-state index contributed by atoms with van der Waals surface area (Å²) in [6.07, 6.45) is 1.37. The van der Waals surface area contributed by atoms with Gasteiger partial charge in [-0.1, -0.05) is 32.9 Å². The second-order valence-corrected chi connectivity index (χ2v) is 5.60. The first-order valence-electron chi connectivity index (χ1n) is 8.94. The van der Waals surface area contributed by atoms with Crippen LogP contribution in [0.2, 0.25) is 5.28 Å². The second kappa shape index (κ2) is 13.4. The molecule has 0 amide bonds. The fourth-order valence-electron chi connectivity index (χ4n) is 2.47. The van der Waals surface area contributed by atoms with E-state index in [4.69, 9.17) is 21.4 Å². The third kappa shape index (κ3) is 6.95. The molecular weight excluding hydrogens is 400 g/mol. The molecule has 29 heavy (non-hydrogen) atoms. The Morgan fingerprint density at radius 1 is 1.38 bits per heavy atom. The average molecular weight is 427 g/mol. The van der Waals surface area contributed by atoms with Crippen molar-refractivity contribution >= 4 is 34.8 Å². The topological polar surface area (TPSA) is 119 Å². The van der Waals surface area contributed by atoms with E-state index in [2.05, 4.69) is 9.97 Å². The van der Waals surface area contributed by atoms with Gasteiger partial charge in [0.05, 0.1) is 12.0 Å². The number of hydrogen-bond acceptors (Lipinski definition) is 8. The standard InChI is InChI=1S/C16H17ClN4O4.C2H6.CH4O/c1-4-12(15(22)25-3)20(11-7-5-6-10(2)8-11)14-13(21(23)24)9-18-16(17)19-14;2*1-2/h5-9,12H,4H2,1-3H3;1-2H3;2H,1H3. The third-order valence-electron chi connectivity index (χ3n) is 3.60. The molecule has 0 radical (unpaired) electrons. The Hall–Kier alpha value is -2.78. The molecule has 0 fully saturated rings. The van der Waals surface area contributed by atoms with Gasteiger partial charge >= 0.3 is 11.7 Å². The van der Waals surface area contributed by atoms with Gasteiger partial charge in [-0.3, -0.25) is 10.1 Å². The van der Waals surface area contributed by atoms with E-state index in [1.807, 2.05) is 26.8 Å². The van der Waals surface area contributed by atoms with Crippen LogP contribution in [0.3, 0.4) is 0 Å². The molecule has 1 heterocycles. The number of benzene rings is 1. The normalized spacial score (nSPS) is 10.5. The number of nitro groups is 1. The molecule has 0 bridgehead atoms. The van der Waals surface area contributed by atoms with Crippen molar-refractivity contribution in [1.82, 2.24) is 9.97 Å². The van der Waals surface area contributed by atoms with Crippen molar-refractivity contribution in [2.45, 2.75) is 40.2 Å². The van der Waals surface area contributed by atoms with Crippen LogP contribution >= 0.6 is 11.6 Å². The number of anilines is 2. The third-order valence-corrected chi connectivity index (χ3v) is 3.78. The fourth-order valence-corrected chi connectivity index (χ4v) is 2.60. The summed E-state index contributed by atoms with van der Waals surface area (Å²) in [5, 5.41) is 18.3. The van der Waals surface area contributed by atoms with Gasteiger partial charge in [0.2, 0.25) is 11.1 Å². The molecule has 0 aliphatic carbocycles. The van der Waals surface area contributed by atoms with Gasteiger partial charge in [0.1, 0.15) is 12.2 Å². The maximum absolute atomic E-state index is 12.3. The number of aliphatic hydroxyl groups is 1. The number of hydrogen-bond donors (Lipinski definition) is 1. The number of methoxy groups -OCH3 is 1. The van der Waals surface area contributed by atoms with Crippen LogP contribution in [0.25, 0.3) is 0 Å². The van der Waals surface area contributed by atoms with Crippen LogP contribution in [0.1, 0.15) is 32.8 Å². The number of esters is 1. The van der Waals surface area contributed by atoms with E-state index in [9.17, 15) is 14.9 Å². The van der Waals surface area contributed by atoms with Crippen molar-refractivity contribution in [3.63, 3.8) is 0 Å². The number of nitrogens with zero attached hydrogens (tertiary/aromatic N) is 4. The van der Waals surface area contributed by atoms with E-state index in [0.29, 0.717) is 12.1 Å². The smallest absolute Gasteiger partial charge is 0.330 e. The first kappa shape index (κ1) is 26.2. The van der Waals surface area contributed by atoms with Crippen LogP contribution in [-0.2, 0) is 9.53 Å². The Morgan fingerprint density at radius 2 is 2.00 bits per heavy atom. The number of aromatic nitrogens is 2. The lowest BCUT2D eigenvalue weighted by molar-refractivity contribution is -0.384. The van der Waals surface area contributed by atoms with Crippen LogP contribution in [0.15, 0.2) is 30.5 Å². The molecule has 10 heteroatoms. The Balaban J connectivity index is 0.00000184. The summed E-state index contributed by atoms with van der Waals surface area (Å²) in [7, 11) is 2.26. The number of carbonyl (C=O) groups is 1. The minimum atomic E-state index is -0.809. The zero-order chi connectivity index (χ0) is 22.6. The van der Waals surface area contributed by atoms with Gasteiger partial charge in [-0.25, -0.2) is 9.78 Å². The van der Waals surface area contributed by atoms with Gasteiger partial charge in [-0.2, -0.15) is 4.98 Å². The van der Waals surface area contributed by atoms with Crippen molar-refractivity contribution < 1.29 is 19.6 Å². The molecule has 0 saturated carbocycles. The minimum absolute atomic E-state index is 0.0622. The van der Waals surface area contributed by atoms with Crippen molar-refractivity contribution in [3.05, 3.63) is 51.4 Å². The second-order valence-electron chi connectivity index (χ2n) is 5.26. The molecule has 2 rings (SSSR count). The highest BCUT2D eigenvalue weighted by molar-refractivity contribution is 6.28. The summed E-state index contributed by atoms with van der Waals surface area (Å²) >= 11 is 5.86. The predicted octanol–water partition coefficient (Wildman–Crippen LogP) is 4.07. The molecule has 0 aliphatic heterocycles. The monoisotopic (exact) mass is 426 g/mol. The van der Waals surface area contributed by atoms with Crippen molar-refractivity contribution in [2.75, 3.05) is 19.1 Å². The Labute approximate surface area is 175 Å². The number of carbonyl (C=O) groups excluding carboxylic acids is 1. The molecule has 9 nitrogen and oxygen atoms in total. The molecule has 0 aliphatic rings. The number of rotatable bonds is 6. The highest BCUT2D eigenvalue weighted by Crippen LogP contribution is 2.35. The molecule has 2 aromatic rings. The summed E-state index contributed by atoms with van der Waals surface area (Å²) in [6, 6.07) is 6.39. The van der Waals surface area contributed by atoms with Gasteiger partial charge in [-0.15, -0.1) is 0 Å². The van der Waals surface area contributed by atoms with Crippen LogP contribution in [0.5, 0.6) is 0 Å². The Kier molecular flexibility index (Phi) is 12.1.